The van der Waals surface area contributed by atoms with E-state index in [1.165, 1.54) is 14.2 Å². The summed E-state index contributed by atoms with van der Waals surface area (Å²) in [5.41, 5.74) is 4.01. The Morgan fingerprint density at radius 3 is 2.22 bits per heavy atom. The Balaban J connectivity index is 1.45. The van der Waals surface area contributed by atoms with Crippen LogP contribution < -0.4 is 24.8 Å². The third-order valence-corrected chi connectivity index (χ3v) is 8.44. The van der Waals surface area contributed by atoms with Crippen molar-refractivity contribution in [3.05, 3.63) is 81.5 Å². The van der Waals surface area contributed by atoms with Gasteiger partial charge in [0, 0.05) is 54.6 Å². The van der Waals surface area contributed by atoms with Crippen molar-refractivity contribution in [2.24, 2.45) is 0 Å². The van der Waals surface area contributed by atoms with Crippen LogP contribution in [0.3, 0.4) is 0 Å². The number of ether oxygens (including phenoxy) is 3. The number of methoxy groups -OCH3 is 2. The van der Waals surface area contributed by atoms with E-state index in [9.17, 15) is 23.4 Å². The molecule has 1 aliphatic carbocycles. The van der Waals surface area contributed by atoms with E-state index in [4.69, 9.17) is 25.8 Å². The van der Waals surface area contributed by atoms with Gasteiger partial charge >= 0.3 is 6.18 Å². The Bertz CT molecular complexity index is 1770. The van der Waals surface area contributed by atoms with Gasteiger partial charge in [0.1, 0.15) is 11.7 Å². The topological polar surface area (TPSA) is 131 Å². The maximum atomic E-state index is 14.3. The molecule has 0 radical (unpaired) electrons. The van der Waals surface area contributed by atoms with E-state index in [0.29, 0.717) is 59.3 Å². The number of alkyl halides is 3. The zero-order chi connectivity index (χ0) is 35.3. The molecule has 262 valence electrons. The molecular formula is C35H39ClF3N5O5. The predicted octanol–water partition coefficient (Wildman–Crippen LogP) is 5.90. The van der Waals surface area contributed by atoms with Crippen molar-refractivity contribution in [2.45, 2.75) is 64.3 Å². The number of hydrogen-bond acceptors (Lipinski definition) is 10. The monoisotopic (exact) mass is 701 g/mol. The summed E-state index contributed by atoms with van der Waals surface area (Å²) in [5, 5.41) is 25.5. The van der Waals surface area contributed by atoms with Crippen LogP contribution in [0.4, 0.5) is 13.2 Å². The van der Waals surface area contributed by atoms with E-state index >= 15 is 0 Å². The fourth-order valence-corrected chi connectivity index (χ4v) is 6.12. The molecule has 4 aromatic rings. The number of fused-ring (bicyclic) bond motifs is 1. The van der Waals surface area contributed by atoms with Crippen molar-refractivity contribution >= 4 is 11.6 Å². The first-order valence-corrected chi connectivity index (χ1v) is 16.2. The molecule has 4 N–H and O–H groups in total. The molecule has 0 amide bonds. The highest BCUT2D eigenvalue weighted by atomic mass is 35.5. The molecule has 0 saturated heterocycles. The highest BCUT2D eigenvalue weighted by molar-refractivity contribution is 6.35. The van der Waals surface area contributed by atoms with Crippen molar-refractivity contribution < 1.29 is 37.6 Å². The second kappa shape index (κ2) is 15.7. The number of hydrogen-bond donors (Lipinski definition) is 4. The summed E-state index contributed by atoms with van der Waals surface area (Å²) in [6.45, 7) is 4.34. The van der Waals surface area contributed by atoms with Crippen molar-refractivity contribution in [3.63, 3.8) is 0 Å². The number of benzene rings is 1. The summed E-state index contributed by atoms with van der Waals surface area (Å²) < 4.78 is 59.7. The predicted molar refractivity (Wildman–Crippen MR) is 179 cm³/mol. The number of aliphatic hydroxyl groups is 2. The first kappa shape index (κ1) is 36.3. The van der Waals surface area contributed by atoms with Gasteiger partial charge in [-0.3, -0.25) is 4.98 Å². The molecule has 0 unspecified atom stereocenters. The molecule has 0 aliphatic heterocycles. The number of aromatic nitrogens is 3. The number of nitrogens with zero attached hydrogens (tertiary/aromatic N) is 3. The lowest BCUT2D eigenvalue weighted by Crippen LogP contribution is -2.24. The Hall–Kier alpha value is -4.01. The summed E-state index contributed by atoms with van der Waals surface area (Å²) >= 11 is 6.99. The zero-order valence-electron chi connectivity index (χ0n) is 27.6. The van der Waals surface area contributed by atoms with Gasteiger partial charge in [-0.1, -0.05) is 35.9 Å². The normalized spacial score (nSPS) is 15.5. The van der Waals surface area contributed by atoms with Crippen LogP contribution >= 0.6 is 11.6 Å². The molecule has 0 bridgehead atoms. The van der Waals surface area contributed by atoms with E-state index in [1.807, 2.05) is 24.3 Å². The lowest BCUT2D eigenvalue weighted by molar-refractivity contribution is -0.139. The SMILES string of the molecule is COc1nc(-c2ccnc(-c3cccc4c3CC[C@H]4Oc3nc(OC)c(CNC[C@@H](C)O)cc3C(F)(F)F)c2Cl)ccc1CNC[C@H](C)O. The lowest BCUT2D eigenvalue weighted by atomic mass is 9.98. The fourth-order valence-electron chi connectivity index (χ4n) is 5.80. The maximum Gasteiger partial charge on any atom is 0.421 e. The number of aliphatic hydroxyl groups excluding tert-OH is 2. The summed E-state index contributed by atoms with van der Waals surface area (Å²) in [4.78, 5) is 13.4. The Labute approximate surface area is 287 Å². The molecule has 0 fully saturated rings. The van der Waals surface area contributed by atoms with Crippen LogP contribution in [0, 0.1) is 0 Å². The van der Waals surface area contributed by atoms with E-state index in [1.54, 1.807) is 32.2 Å². The minimum atomic E-state index is -4.74. The molecule has 3 aromatic heterocycles. The minimum absolute atomic E-state index is 0.00449. The highest BCUT2D eigenvalue weighted by Gasteiger charge is 2.38. The van der Waals surface area contributed by atoms with Crippen LogP contribution in [0.5, 0.6) is 17.6 Å². The molecule has 1 aliphatic rings. The van der Waals surface area contributed by atoms with Gasteiger partial charge in [0.15, 0.2) is 0 Å². The van der Waals surface area contributed by atoms with Crippen molar-refractivity contribution in [1.29, 1.82) is 0 Å². The molecule has 0 saturated carbocycles. The van der Waals surface area contributed by atoms with Crippen LogP contribution in [0.25, 0.3) is 22.5 Å². The molecule has 5 rings (SSSR count). The van der Waals surface area contributed by atoms with Gasteiger partial charge in [0.25, 0.3) is 0 Å². The number of rotatable bonds is 14. The number of halogens is 4. The third-order valence-electron chi connectivity index (χ3n) is 8.06. The maximum absolute atomic E-state index is 14.3. The molecule has 0 spiro atoms. The Morgan fingerprint density at radius 1 is 0.898 bits per heavy atom. The van der Waals surface area contributed by atoms with Crippen LogP contribution in [0.15, 0.2) is 48.7 Å². The smallest absolute Gasteiger partial charge is 0.421 e. The van der Waals surface area contributed by atoms with Gasteiger partial charge in [-0.25, -0.2) is 4.98 Å². The molecule has 49 heavy (non-hydrogen) atoms. The first-order chi connectivity index (χ1) is 23.4. The quantitative estimate of drug-likeness (QED) is 0.126. The third kappa shape index (κ3) is 8.42. The van der Waals surface area contributed by atoms with E-state index in [-0.39, 0.29) is 24.5 Å². The van der Waals surface area contributed by atoms with Gasteiger partial charge in [-0.05, 0) is 56.0 Å². The minimum Gasteiger partial charge on any atom is -0.481 e. The van der Waals surface area contributed by atoms with Crippen LogP contribution in [-0.4, -0.2) is 64.7 Å². The average Bonchev–Trinajstić information content (AvgIpc) is 3.47. The van der Waals surface area contributed by atoms with Crippen LogP contribution in [0.1, 0.15) is 54.2 Å². The highest BCUT2D eigenvalue weighted by Crippen LogP contribution is 2.45. The van der Waals surface area contributed by atoms with Crippen LogP contribution in [0.2, 0.25) is 5.02 Å². The standard InChI is InChI=1S/C35H39ClF3N5O5/c1-19(45)15-40-17-21-8-10-28(43-32(21)47-3)26-12-13-42-31(30(26)36)25-7-5-6-24-23(25)9-11-29(24)49-34-27(35(37,38)39)14-22(33(44-34)48-4)18-41-16-20(2)46/h5-8,10,12-14,19-20,29,40-41,45-46H,9,11,15-18H2,1-4H3/t19-,20+,29+/m0/s1. The average molecular weight is 702 g/mol. The van der Waals surface area contributed by atoms with Gasteiger partial charge in [-0.15, -0.1) is 0 Å². The summed E-state index contributed by atoms with van der Waals surface area (Å²) in [5.74, 6) is -0.164. The van der Waals surface area contributed by atoms with Crippen molar-refractivity contribution in [2.75, 3.05) is 27.3 Å². The molecular weight excluding hydrogens is 663 g/mol. The molecule has 3 heterocycles. The summed E-state index contributed by atoms with van der Waals surface area (Å²) in [7, 11) is 2.86. The fraction of sp³-hybridized carbons (Fsp3) is 0.400. The van der Waals surface area contributed by atoms with Crippen molar-refractivity contribution in [1.82, 2.24) is 25.6 Å². The lowest BCUT2D eigenvalue weighted by Gasteiger charge is -2.21. The van der Waals surface area contributed by atoms with E-state index in [2.05, 4.69) is 25.6 Å². The molecule has 10 nitrogen and oxygen atoms in total. The largest absolute Gasteiger partial charge is 0.481 e. The van der Waals surface area contributed by atoms with Crippen molar-refractivity contribution in [3.8, 4) is 40.2 Å². The molecule has 1 aromatic carbocycles. The summed E-state index contributed by atoms with van der Waals surface area (Å²) in [6, 6.07) is 11.9. The number of nitrogens with one attached hydrogen (secondary N) is 2. The van der Waals surface area contributed by atoms with Gasteiger partial charge < -0.3 is 35.1 Å². The first-order valence-electron chi connectivity index (χ1n) is 15.8. The second-order valence-corrected chi connectivity index (χ2v) is 12.2. The second-order valence-electron chi connectivity index (χ2n) is 11.9. The van der Waals surface area contributed by atoms with Gasteiger partial charge in [0.2, 0.25) is 17.6 Å². The van der Waals surface area contributed by atoms with Crippen LogP contribution in [-0.2, 0) is 25.7 Å². The van der Waals surface area contributed by atoms with E-state index in [0.717, 1.165) is 22.8 Å². The summed E-state index contributed by atoms with van der Waals surface area (Å²) in [6.07, 6.45) is -4.06. The number of pyridine rings is 3. The van der Waals surface area contributed by atoms with Gasteiger partial charge in [0.05, 0.1) is 42.8 Å². The Kier molecular flexibility index (Phi) is 11.6. The molecule has 3 atom stereocenters. The molecule has 14 heteroatoms. The van der Waals surface area contributed by atoms with E-state index < -0.39 is 35.9 Å². The van der Waals surface area contributed by atoms with Gasteiger partial charge in [-0.2, -0.15) is 18.2 Å². The Morgan fingerprint density at radius 2 is 1.57 bits per heavy atom. The zero-order valence-corrected chi connectivity index (χ0v) is 28.3.